The highest BCUT2D eigenvalue weighted by molar-refractivity contribution is 5.71. The molecule has 0 aliphatic carbocycles. The Kier molecular flexibility index (Phi) is 5.46. The fourth-order valence-corrected chi connectivity index (χ4v) is 3.92. The highest BCUT2D eigenvalue weighted by Gasteiger charge is 2.15. The first-order chi connectivity index (χ1) is 15.3. The van der Waals surface area contributed by atoms with Crippen molar-refractivity contribution in [1.82, 2.24) is 14.7 Å². The van der Waals surface area contributed by atoms with Crippen molar-refractivity contribution in [2.45, 2.75) is 6.61 Å². The Balaban J connectivity index is 1.46. The Bertz CT molecular complexity index is 1170. The molecule has 6 heteroatoms. The summed E-state index contributed by atoms with van der Waals surface area (Å²) in [5.41, 5.74) is 5.08. The number of imidazole rings is 1. The number of nitrogens with zero attached hydrogens (tertiary/aromatic N) is 3. The molecule has 1 aliphatic heterocycles. The first-order valence-corrected chi connectivity index (χ1v) is 10.6. The van der Waals surface area contributed by atoms with Crippen molar-refractivity contribution in [3.8, 4) is 22.8 Å². The van der Waals surface area contributed by atoms with E-state index in [1.165, 1.54) is 5.69 Å². The number of nitrogens with one attached hydrogen (secondary N) is 1. The van der Waals surface area contributed by atoms with Crippen molar-refractivity contribution >= 4 is 11.3 Å². The predicted molar refractivity (Wildman–Crippen MR) is 123 cm³/mol. The van der Waals surface area contributed by atoms with Crippen LogP contribution in [0.4, 0.5) is 5.69 Å². The van der Waals surface area contributed by atoms with Gasteiger partial charge in [0.1, 0.15) is 23.8 Å². The average Bonchev–Trinajstić information content (AvgIpc) is 3.27. The van der Waals surface area contributed by atoms with Gasteiger partial charge in [0.15, 0.2) is 0 Å². The molecule has 0 saturated carbocycles. The first kappa shape index (κ1) is 19.5. The molecule has 0 radical (unpaired) electrons. The Morgan fingerprint density at radius 2 is 1.84 bits per heavy atom. The number of rotatable bonds is 6. The topological polar surface area (TPSA) is 51.0 Å². The van der Waals surface area contributed by atoms with Crippen LogP contribution in [0.15, 0.2) is 73.1 Å². The molecule has 2 aromatic carbocycles. The van der Waals surface area contributed by atoms with Gasteiger partial charge in [0, 0.05) is 62.0 Å². The average molecular weight is 415 g/mol. The van der Waals surface area contributed by atoms with E-state index < -0.39 is 0 Å². The largest absolute Gasteiger partial charge is 0.497 e. The molecular formula is C25H26N4O2. The zero-order valence-corrected chi connectivity index (χ0v) is 17.6. The number of ether oxygens (including phenoxy) is 2. The molecule has 1 saturated heterocycles. The second kappa shape index (κ2) is 8.70. The van der Waals surface area contributed by atoms with Gasteiger partial charge in [-0.1, -0.05) is 30.3 Å². The lowest BCUT2D eigenvalue weighted by atomic mass is 10.1. The molecule has 0 unspecified atom stereocenters. The lowest BCUT2D eigenvalue weighted by Crippen LogP contribution is -2.43. The molecule has 1 fully saturated rings. The number of hydrogen-bond donors (Lipinski definition) is 1. The maximum atomic E-state index is 6.19. The third-order valence-corrected chi connectivity index (χ3v) is 5.63. The SMILES string of the molecule is COc1ccc(-c2cn3ccc(N4CCNCC4)cc3n2)c(OCc2ccccc2)c1. The third kappa shape index (κ3) is 4.20. The second-order valence-electron chi connectivity index (χ2n) is 7.65. The Morgan fingerprint density at radius 3 is 2.65 bits per heavy atom. The van der Waals surface area contributed by atoms with Crippen molar-refractivity contribution in [1.29, 1.82) is 0 Å². The van der Waals surface area contributed by atoms with Gasteiger partial charge >= 0.3 is 0 Å². The van der Waals surface area contributed by atoms with E-state index in [9.17, 15) is 0 Å². The van der Waals surface area contributed by atoms with E-state index >= 15 is 0 Å². The normalized spacial score (nSPS) is 14.0. The number of pyridine rings is 1. The third-order valence-electron chi connectivity index (χ3n) is 5.63. The number of anilines is 1. The van der Waals surface area contributed by atoms with E-state index in [0.717, 1.165) is 60.1 Å². The minimum Gasteiger partial charge on any atom is -0.497 e. The molecule has 1 aliphatic rings. The van der Waals surface area contributed by atoms with Gasteiger partial charge < -0.3 is 24.1 Å². The monoisotopic (exact) mass is 414 g/mol. The maximum Gasteiger partial charge on any atom is 0.139 e. The van der Waals surface area contributed by atoms with Gasteiger partial charge in [0.2, 0.25) is 0 Å². The van der Waals surface area contributed by atoms with Crippen LogP contribution in [0.1, 0.15) is 5.56 Å². The molecule has 31 heavy (non-hydrogen) atoms. The molecule has 158 valence electrons. The van der Waals surface area contributed by atoms with Crippen LogP contribution in [0.3, 0.4) is 0 Å². The van der Waals surface area contributed by atoms with Gasteiger partial charge in [-0.2, -0.15) is 0 Å². The molecule has 4 aromatic rings. The van der Waals surface area contributed by atoms with E-state index in [1.807, 2.05) is 42.6 Å². The smallest absolute Gasteiger partial charge is 0.139 e. The first-order valence-electron chi connectivity index (χ1n) is 10.6. The summed E-state index contributed by atoms with van der Waals surface area (Å²) in [6, 6.07) is 20.4. The van der Waals surface area contributed by atoms with Crippen molar-refractivity contribution < 1.29 is 9.47 Å². The number of fused-ring (bicyclic) bond motifs is 1. The quantitative estimate of drug-likeness (QED) is 0.517. The summed E-state index contributed by atoms with van der Waals surface area (Å²) >= 11 is 0. The zero-order valence-electron chi connectivity index (χ0n) is 17.6. The van der Waals surface area contributed by atoms with Gasteiger partial charge in [-0.05, 0) is 23.8 Å². The Labute approximate surface area is 182 Å². The number of hydrogen-bond acceptors (Lipinski definition) is 5. The van der Waals surface area contributed by atoms with Crippen LogP contribution < -0.4 is 19.7 Å². The summed E-state index contributed by atoms with van der Waals surface area (Å²) in [5.74, 6) is 1.52. The molecule has 0 amide bonds. The molecule has 5 rings (SSSR count). The Morgan fingerprint density at radius 1 is 1.00 bits per heavy atom. The van der Waals surface area contributed by atoms with Crippen molar-refractivity contribution in [3.05, 3.63) is 78.6 Å². The Hall–Kier alpha value is -3.51. The van der Waals surface area contributed by atoms with E-state index in [-0.39, 0.29) is 0 Å². The van der Waals surface area contributed by atoms with Gasteiger partial charge in [0.25, 0.3) is 0 Å². The van der Waals surface area contributed by atoms with E-state index in [4.69, 9.17) is 14.5 Å². The fourth-order valence-electron chi connectivity index (χ4n) is 3.92. The number of methoxy groups -OCH3 is 1. The van der Waals surface area contributed by atoms with Gasteiger partial charge in [-0.3, -0.25) is 0 Å². The highest BCUT2D eigenvalue weighted by Crippen LogP contribution is 2.34. The van der Waals surface area contributed by atoms with Crippen LogP contribution in [-0.2, 0) is 6.61 Å². The molecule has 2 aromatic heterocycles. The van der Waals surface area contributed by atoms with E-state index in [0.29, 0.717) is 6.61 Å². The summed E-state index contributed by atoms with van der Waals surface area (Å²) in [6.07, 6.45) is 4.13. The molecule has 0 bridgehead atoms. The van der Waals surface area contributed by atoms with Crippen molar-refractivity contribution in [3.63, 3.8) is 0 Å². The standard InChI is InChI=1S/C25H26N4O2/c1-30-21-7-8-22(24(16-21)31-18-19-5-3-2-4-6-19)23-17-29-12-9-20(15-25(29)27-23)28-13-10-26-11-14-28/h2-9,12,15-17,26H,10-11,13-14,18H2,1H3. The van der Waals surface area contributed by atoms with E-state index in [1.54, 1.807) is 7.11 Å². The molecule has 0 spiro atoms. The number of piperazine rings is 1. The lowest BCUT2D eigenvalue weighted by Gasteiger charge is -2.29. The number of benzene rings is 2. The van der Waals surface area contributed by atoms with Crippen LogP contribution in [0.2, 0.25) is 0 Å². The minimum absolute atomic E-state index is 0.488. The van der Waals surface area contributed by atoms with Crippen LogP contribution in [0, 0.1) is 0 Å². The van der Waals surface area contributed by atoms with Crippen LogP contribution in [0.5, 0.6) is 11.5 Å². The molecule has 3 heterocycles. The highest BCUT2D eigenvalue weighted by atomic mass is 16.5. The summed E-state index contributed by atoms with van der Waals surface area (Å²) in [4.78, 5) is 7.30. The molecule has 1 N–H and O–H groups in total. The van der Waals surface area contributed by atoms with Crippen LogP contribution >= 0.6 is 0 Å². The summed E-state index contributed by atoms with van der Waals surface area (Å²) in [5, 5.41) is 3.40. The van der Waals surface area contributed by atoms with Gasteiger partial charge in [-0.15, -0.1) is 0 Å². The predicted octanol–water partition coefficient (Wildman–Crippen LogP) is 4.00. The molecule has 6 nitrogen and oxygen atoms in total. The summed E-state index contributed by atoms with van der Waals surface area (Å²) < 4.78 is 13.7. The second-order valence-corrected chi connectivity index (χ2v) is 7.65. The number of aromatic nitrogens is 2. The van der Waals surface area contributed by atoms with E-state index in [2.05, 4.69) is 45.1 Å². The van der Waals surface area contributed by atoms with Crippen molar-refractivity contribution in [2.75, 3.05) is 38.2 Å². The minimum atomic E-state index is 0.488. The van der Waals surface area contributed by atoms with Crippen molar-refractivity contribution in [2.24, 2.45) is 0 Å². The zero-order chi connectivity index (χ0) is 21.0. The summed E-state index contributed by atoms with van der Waals surface area (Å²) in [7, 11) is 1.67. The van der Waals surface area contributed by atoms with Crippen LogP contribution in [0.25, 0.3) is 16.9 Å². The lowest BCUT2D eigenvalue weighted by molar-refractivity contribution is 0.305. The van der Waals surface area contributed by atoms with Gasteiger partial charge in [0.05, 0.1) is 12.8 Å². The molecule has 0 atom stereocenters. The molecular weight excluding hydrogens is 388 g/mol. The van der Waals surface area contributed by atoms with Gasteiger partial charge in [-0.25, -0.2) is 4.98 Å². The fraction of sp³-hybridized carbons (Fsp3) is 0.240. The summed E-state index contributed by atoms with van der Waals surface area (Å²) in [6.45, 7) is 4.54. The maximum absolute atomic E-state index is 6.19. The van der Waals surface area contributed by atoms with Crippen LogP contribution in [-0.4, -0.2) is 42.7 Å².